The summed E-state index contributed by atoms with van der Waals surface area (Å²) in [5.41, 5.74) is 7.43. The van der Waals surface area contributed by atoms with Gasteiger partial charge in [0.15, 0.2) is 6.61 Å². The Bertz CT molecular complexity index is 567. The van der Waals surface area contributed by atoms with Crippen molar-refractivity contribution in [3.63, 3.8) is 0 Å². The Labute approximate surface area is 116 Å². The normalized spacial score (nSPS) is 10.2. The molecule has 0 aliphatic rings. The summed E-state index contributed by atoms with van der Waals surface area (Å²) >= 11 is 1.18. The predicted octanol–water partition coefficient (Wildman–Crippen LogP) is 3.27. The van der Waals surface area contributed by atoms with Crippen LogP contribution in [0.25, 0.3) is 0 Å². The van der Waals surface area contributed by atoms with Gasteiger partial charge in [0.25, 0.3) is 0 Å². The third-order valence-corrected chi connectivity index (χ3v) is 3.32. The van der Waals surface area contributed by atoms with Crippen LogP contribution in [0, 0.1) is 6.92 Å². The van der Waals surface area contributed by atoms with Gasteiger partial charge >= 0.3 is 0 Å². The fraction of sp³-hybridized carbons (Fsp3) is 0.133. The van der Waals surface area contributed by atoms with Crippen molar-refractivity contribution < 1.29 is 9.53 Å². The SMILES string of the molecule is Cc1ccc(SC(=O)COc2cccc(N)c2)cc1. The molecule has 0 aromatic heterocycles. The maximum atomic E-state index is 11.8. The van der Waals surface area contributed by atoms with Crippen molar-refractivity contribution in [3.8, 4) is 5.75 Å². The molecule has 19 heavy (non-hydrogen) atoms. The highest BCUT2D eigenvalue weighted by molar-refractivity contribution is 8.13. The lowest BCUT2D eigenvalue weighted by Gasteiger charge is -2.06. The van der Waals surface area contributed by atoms with E-state index in [1.165, 1.54) is 17.3 Å². The van der Waals surface area contributed by atoms with Gasteiger partial charge in [-0.15, -0.1) is 0 Å². The molecule has 0 heterocycles. The third kappa shape index (κ3) is 4.34. The minimum absolute atomic E-state index is 0.0298. The van der Waals surface area contributed by atoms with Crippen LogP contribution < -0.4 is 10.5 Å². The molecule has 4 heteroatoms. The zero-order valence-electron chi connectivity index (χ0n) is 10.6. The molecular formula is C15H15NO2S. The summed E-state index contributed by atoms with van der Waals surface area (Å²) in [4.78, 5) is 12.7. The quantitative estimate of drug-likeness (QED) is 0.686. The number of carbonyl (C=O) groups excluding carboxylic acids is 1. The van der Waals surface area contributed by atoms with E-state index < -0.39 is 0 Å². The predicted molar refractivity (Wildman–Crippen MR) is 78.4 cm³/mol. The molecule has 2 rings (SSSR count). The molecule has 2 aromatic carbocycles. The highest BCUT2D eigenvalue weighted by Crippen LogP contribution is 2.20. The average molecular weight is 273 g/mol. The molecule has 0 radical (unpaired) electrons. The summed E-state index contributed by atoms with van der Waals surface area (Å²) in [7, 11) is 0. The van der Waals surface area contributed by atoms with Crippen LogP contribution in [0.2, 0.25) is 0 Å². The molecule has 0 aliphatic carbocycles. The topological polar surface area (TPSA) is 52.3 Å². The zero-order valence-corrected chi connectivity index (χ0v) is 11.4. The van der Waals surface area contributed by atoms with Crippen LogP contribution in [0.15, 0.2) is 53.4 Å². The molecule has 0 bridgehead atoms. The second-order valence-electron chi connectivity index (χ2n) is 4.15. The number of thioether (sulfide) groups is 1. The van der Waals surface area contributed by atoms with Gasteiger partial charge in [-0.25, -0.2) is 0 Å². The van der Waals surface area contributed by atoms with Crippen molar-refractivity contribution in [2.24, 2.45) is 0 Å². The number of hydrogen-bond acceptors (Lipinski definition) is 4. The Balaban J connectivity index is 1.86. The lowest BCUT2D eigenvalue weighted by molar-refractivity contribution is -0.112. The molecule has 0 saturated carbocycles. The summed E-state index contributed by atoms with van der Waals surface area (Å²) in [6.07, 6.45) is 0. The van der Waals surface area contributed by atoms with Gasteiger partial charge in [0.05, 0.1) is 0 Å². The summed E-state index contributed by atoms with van der Waals surface area (Å²) in [5.74, 6) is 0.609. The van der Waals surface area contributed by atoms with Crippen LogP contribution in [0.4, 0.5) is 5.69 Å². The number of carbonyl (C=O) groups is 1. The zero-order chi connectivity index (χ0) is 13.7. The van der Waals surface area contributed by atoms with Crippen molar-refractivity contribution >= 4 is 22.6 Å². The highest BCUT2D eigenvalue weighted by Gasteiger charge is 2.06. The molecule has 0 amide bonds. The van der Waals surface area contributed by atoms with Gasteiger partial charge in [-0.05, 0) is 43.0 Å². The van der Waals surface area contributed by atoms with E-state index in [4.69, 9.17) is 10.5 Å². The van der Waals surface area contributed by atoms with E-state index in [1.54, 1.807) is 24.3 Å². The van der Waals surface area contributed by atoms with Crippen LogP contribution in [0.3, 0.4) is 0 Å². The van der Waals surface area contributed by atoms with Crippen molar-refractivity contribution in [2.45, 2.75) is 11.8 Å². The van der Waals surface area contributed by atoms with Crippen molar-refractivity contribution in [2.75, 3.05) is 12.3 Å². The fourth-order valence-corrected chi connectivity index (χ4v) is 2.17. The molecule has 0 saturated heterocycles. The highest BCUT2D eigenvalue weighted by atomic mass is 32.2. The number of rotatable bonds is 4. The van der Waals surface area contributed by atoms with Gasteiger partial charge in [-0.3, -0.25) is 4.79 Å². The smallest absolute Gasteiger partial charge is 0.231 e. The summed E-state index contributed by atoms with van der Waals surface area (Å²) < 4.78 is 5.39. The fourth-order valence-electron chi connectivity index (χ4n) is 1.51. The standard InChI is InChI=1S/C15H15NO2S/c1-11-5-7-14(8-6-11)19-15(17)10-18-13-4-2-3-12(16)9-13/h2-9H,10,16H2,1H3. The minimum Gasteiger partial charge on any atom is -0.485 e. The van der Waals surface area contributed by atoms with E-state index >= 15 is 0 Å². The molecule has 0 spiro atoms. The first-order valence-electron chi connectivity index (χ1n) is 5.89. The third-order valence-electron chi connectivity index (χ3n) is 2.47. The van der Waals surface area contributed by atoms with Crippen molar-refractivity contribution in [3.05, 3.63) is 54.1 Å². The van der Waals surface area contributed by atoms with Crippen molar-refractivity contribution in [1.29, 1.82) is 0 Å². The Morgan fingerprint density at radius 1 is 1.21 bits per heavy atom. The number of ether oxygens (including phenoxy) is 1. The first kappa shape index (κ1) is 13.5. The molecular weight excluding hydrogens is 258 g/mol. The Hall–Kier alpha value is -1.94. The Morgan fingerprint density at radius 2 is 1.95 bits per heavy atom. The van der Waals surface area contributed by atoms with E-state index in [9.17, 15) is 4.79 Å². The second kappa shape index (κ2) is 6.29. The molecule has 2 aromatic rings. The van der Waals surface area contributed by atoms with Crippen molar-refractivity contribution in [1.82, 2.24) is 0 Å². The van der Waals surface area contributed by atoms with Gasteiger partial charge < -0.3 is 10.5 Å². The van der Waals surface area contributed by atoms with Crippen LogP contribution >= 0.6 is 11.8 Å². The summed E-state index contributed by atoms with van der Waals surface area (Å²) in [5, 5.41) is -0.0359. The number of anilines is 1. The largest absolute Gasteiger partial charge is 0.485 e. The van der Waals surface area contributed by atoms with Crippen LogP contribution in [0.1, 0.15) is 5.56 Å². The molecule has 0 unspecified atom stereocenters. The number of hydrogen-bond donors (Lipinski definition) is 1. The lowest BCUT2D eigenvalue weighted by atomic mass is 10.2. The first-order valence-corrected chi connectivity index (χ1v) is 6.71. The number of nitrogen functional groups attached to an aromatic ring is 1. The molecule has 0 fully saturated rings. The minimum atomic E-state index is -0.0359. The molecule has 98 valence electrons. The Morgan fingerprint density at radius 3 is 2.63 bits per heavy atom. The van der Waals surface area contributed by atoms with E-state index in [0.29, 0.717) is 11.4 Å². The summed E-state index contributed by atoms with van der Waals surface area (Å²) in [6.45, 7) is 2.04. The molecule has 0 atom stereocenters. The maximum absolute atomic E-state index is 11.8. The molecule has 0 aliphatic heterocycles. The number of nitrogens with two attached hydrogens (primary N) is 1. The van der Waals surface area contributed by atoms with Crippen LogP contribution in [-0.4, -0.2) is 11.7 Å². The van der Waals surface area contributed by atoms with Gasteiger partial charge in [0.2, 0.25) is 5.12 Å². The van der Waals surface area contributed by atoms with Crippen LogP contribution in [0.5, 0.6) is 5.75 Å². The first-order chi connectivity index (χ1) is 9.13. The van der Waals surface area contributed by atoms with Gasteiger partial charge in [0.1, 0.15) is 5.75 Å². The van der Waals surface area contributed by atoms with Gasteiger partial charge in [0, 0.05) is 16.6 Å². The molecule has 2 N–H and O–H groups in total. The average Bonchev–Trinajstić information content (AvgIpc) is 2.39. The van der Waals surface area contributed by atoms with E-state index in [0.717, 1.165) is 4.90 Å². The van der Waals surface area contributed by atoms with Gasteiger partial charge in [-0.1, -0.05) is 23.8 Å². The monoisotopic (exact) mass is 273 g/mol. The van der Waals surface area contributed by atoms with E-state index in [2.05, 4.69) is 0 Å². The van der Waals surface area contributed by atoms with E-state index in [-0.39, 0.29) is 11.7 Å². The number of aryl methyl sites for hydroxylation is 1. The Kier molecular flexibility index (Phi) is 4.47. The molecule has 3 nitrogen and oxygen atoms in total. The lowest BCUT2D eigenvalue weighted by Crippen LogP contribution is -2.07. The van der Waals surface area contributed by atoms with E-state index in [1.807, 2.05) is 31.2 Å². The van der Waals surface area contributed by atoms with Gasteiger partial charge in [-0.2, -0.15) is 0 Å². The second-order valence-corrected chi connectivity index (χ2v) is 5.28. The van der Waals surface area contributed by atoms with Crippen LogP contribution in [-0.2, 0) is 4.79 Å². The maximum Gasteiger partial charge on any atom is 0.231 e. The number of benzene rings is 2. The summed E-state index contributed by atoms with van der Waals surface area (Å²) in [6, 6.07) is 14.9.